The van der Waals surface area contributed by atoms with Gasteiger partial charge >= 0.3 is 6.18 Å². The Bertz CT molecular complexity index is 855. The molecule has 1 aromatic carbocycles. The third kappa shape index (κ3) is 4.24. The van der Waals surface area contributed by atoms with Crippen LogP contribution in [-0.2, 0) is 6.18 Å². The highest BCUT2D eigenvalue weighted by atomic mass is 19.4. The molecule has 2 heterocycles. The molecule has 9 heteroatoms. The van der Waals surface area contributed by atoms with E-state index < -0.39 is 17.6 Å². The highest BCUT2D eigenvalue weighted by molar-refractivity contribution is 5.92. The fourth-order valence-electron chi connectivity index (χ4n) is 2.08. The molecule has 0 atom stereocenters. The maximum Gasteiger partial charge on any atom is 0.416 e. The van der Waals surface area contributed by atoms with Crippen LogP contribution in [0, 0.1) is 0 Å². The molecule has 26 heavy (non-hydrogen) atoms. The van der Waals surface area contributed by atoms with Crippen LogP contribution < -0.4 is 10.1 Å². The van der Waals surface area contributed by atoms with E-state index in [0.717, 1.165) is 12.1 Å². The second-order valence-corrected chi connectivity index (χ2v) is 5.18. The highest BCUT2D eigenvalue weighted by Gasteiger charge is 2.30. The number of nitrogens with one attached hydrogen (secondary N) is 1. The van der Waals surface area contributed by atoms with Crippen LogP contribution in [0.4, 0.5) is 13.2 Å². The van der Waals surface area contributed by atoms with Crippen molar-refractivity contribution in [2.24, 2.45) is 0 Å². The lowest BCUT2D eigenvalue weighted by Crippen LogP contribution is -2.28. The van der Waals surface area contributed by atoms with Crippen LogP contribution in [-0.4, -0.2) is 24.2 Å². The number of nitrogens with zero attached hydrogens (tertiary/aromatic N) is 1. The van der Waals surface area contributed by atoms with Gasteiger partial charge < -0.3 is 19.0 Å². The van der Waals surface area contributed by atoms with Crippen molar-refractivity contribution >= 4 is 5.91 Å². The monoisotopic (exact) mass is 366 g/mol. The summed E-state index contributed by atoms with van der Waals surface area (Å²) in [6, 6.07) is 9.08. The zero-order chi connectivity index (χ0) is 18.6. The summed E-state index contributed by atoms with van der Waals surface area (Å²) in [5.41, 5.74) is -0.678. The van der Waals surface area contributed by atoms with Crippen LogP contribution in [0.3, 0.4) is 0 Å². The maximum absolute atomic E-state index is 12.5. The second kappa shape index (κ2) is 7.34. The molecule has 0 bridgehead atoms. The number of carbonyl (C=O) groups is 1. The van der Waals surface area contributed by atoms with Gasteiger partial charge in [0, 0.05) is 6.07 Å². The minimum absolute atomic E-state index is 0.0749. The smallest absolute Gasteiger partial charge is 0.416 e. The molecule has 0 spiro atoms. The van der Waals surface area contributed by atoms with E-state index in [1.807, 2.05) is 0 Å². The minimum Gasteiger partial charge on any atom is -0.492 e. The maximum atomic E-state index is 12.5. The predicted octanol–water partition coefficient (Wildman–Crippen LogP) is 3.76. The first-order valence-corrected chi connectivity index (χ1v) is 7.52. The molecular formula is C17H13F3N2O4. The van der Waals surface area contributed by atoms with Crippen molar-refractivity contribution in [3.63, 3.8) is 0 Å². The lowest BCUT2D eigenvalue weighted by Gasteiger charge is -2.09. The zero-order valence-electron chi connectivity index (χ0n) is 13.2. The molecule has 3 rings (SSSR count). The summed E-state index contributed by atoms with van der Waals surface area (Å²) in [6.45, 7) is 0.225. The lowest BCUT2D eigenvalue weighted by atomic mass is 10.2. The van der Waals surface area contributed by atoms with E-state index in [9.17, 15) is 18.0 Å². The fraction of sp³-hybridized carbons (Fsp3) is 0.176. The zero-order valence-corrected chi connectivity index (χ0v) is 13.2. The van der Waals surface area contributed by atoms with Gasteiger partial charge in [-0.2, -0.15) is 13.2 Å². The number of benzene rings is 1. The Morgan fingerprint density at radius 1 is 1.15 bits per heavy atom. The van der Waals surface area contributed by atoms with Gasteiger partial charge in [0.2, 0.25) is 5.76 Å². The van der Waals surface area contributed by atoms with Gasteiger partial charge in [-0.15, -0.1) is 0 Å². The van der Waals surface area contributed by atoms with Crippen LogP contribution in [0.25, 0.3) is 11.5 Å². The number of ether oxygens (including phenoxy) is 1. The van der Waals surface area contributed by atoms with Gasteiger partial charge in [0.1, 0.15) is 12.4 Å². The number of alkyl halides is 3. The topological polar surface area (TPSA) is 77.5 Å². The first-order valence-electron chi connectivity index (χ1n) is 7.52. The number of hydrogen-bond donors (Lipinski definition) is 1. The van der Waals surface area contributed by atoms with Gasteiger partial charge in [-0.05, 0) is 36.4 Å². The molecule has 1 N–H and O–H groups in total. The number of rotatable bonds is 6. The van der Waals surface area contributed by atoms with Crippen molar-refractivity contribution in [1.29, 1.82) is 0 Å². The van der Waals surface area contributed by atoms with Gasteiger partial charge in [0.15, 0.2) is 11.5 Å². The van der Waals surface area contributed by atoms with Crippen LogP contribution >= 0.6 is 0 Å². The van der Waals surface area contributed by atoms with Crippen LogP contribution in [0.5, 0.6) is 5.75 Å². The summed E-state index contributed by atoms with van der Waals surface area (Å²) < 4.78 is 52.8. The molecule has 3 aromatic rings. The molecule has 0 radical (unpaired) electrons. The standard InChI is InChI=1S/C17H13F3N2O4/c18-17(19,20)11-3-5-12(6-4-11)24-9-7-21-16(23)13-10-15(26-22-13)14-2-1-8-25-14/h1-6,8,10H,7,9H2,(H,21,23). The highest BCUT2D eigenvalue weighted by Crippen LogP contribution is 2.30. The summed E-state index contributed by atoms with van der Waals surface area (Å²) in [6.07, 6.45) is -2.92. The molecule has 0 aliphatic heterocycles. The molecule has 136 valence electrons. The van der Waals surface area contributed by atoms with Crippen molar-refractivity contribution < 1.29 is 31.6 Å². The van der Waals surface area contributed by atoms with Crippen molar-refractivity contribution in [2.75, 3.05) is 13.2 Å². The van der Waals surface area contributed by atoms with Crippen molar-refractivity contribution in [3.05, 3.63) is 60.0 Å². The molecule has 0 saturated heterocycles. The molecule has 0 unspecified atom stereocenters. The Labute approximate surface area is 145 Å². The van der Waals surface area contributed by atoms with Crippen LogP contribution in [0.15, 0.2) is 57.7 Å². The molecule has 2 aromatic heterocycles. The normalized spacial score (nSPS) is 11.3. The summed E-state index contributed by atoms with van der Waals surface area (Å²) in [5, 5.41) is 6.21. The number of carbonyl (C=O) groups excluding carboxylic acids is 1. The van der Waals surface area contributed by atoms with Gasteiger partial charge in [0.25, 0.3) is 5.91 Å². The van der Waals surface area contributed by atoms with Gasteiger partial charge in [-0.25, -0.2) is 0 Å². The van der Waals surface area contributed by atoms with Gasteiger partial charge in [0.05, 0.1) is 18.4 Å². The molecule has 6 nitrogen and oxygen atoms in total. The van der Waals surface area contributed by atoms with Gasteiger partial charge in [-0.1, -0.05) is 5.16 Å². The van der Waals surface area contributed by atoms with Crippen LogP contribution in [0.1, 0.15) is 16.1 Å². The second-order valence-electron chi connectivity index (χ2n) is 5.18. The number of hydrogen-bond acceptors (Lipinski definition) is 5. The Hall–Kier alpha value is -3.23. The molecular weight excluding hydrogens is 353 g/mol. The molecule has 0 fully saturated rings. The molecule has 0 aliphatic carbocycles. The SMILES string of the molecule is O=C(NCCOc1ccc(C(F)(F)F)cc1)c1cc(-c2ccco2)on1. The molecule has 0 saturated carbocycles. The first-order chi connectivity index (χ1) is 12.4. The average molecular weight is 366 g/mol. The van der Waals surface area contributed by atoms with Gasteiger partial charge in [-0.3, -0.25) is 4.79 Å². The van der Waals surface area contributed by atoms with E-state index in [1.54, 1.807) is 12.1 Å². The number of furan rings is 1. The van der Waals surface area contributed by atoms with Crippen LogP contribution in [0.2, 0.25) is 0 Å². The van der Waals surface area contributed by atoms with E-state index >= 15 is 0 Å². The van der Waals surface area contributed by atoms with Crippen molar-refractivity contribution in [1.82, 2.24) is 10.5 Å². The number of halogens is 3. The summed E-state index contributed by atoms with van der Waals surface area (Å²) in [7, 11) is 0. The molecule has 1 amide bonds. The quantitative estimate of drug-likeness (QED) is 0.672. The third-order valence-electron chi connectivity index (χ3n) is 3.34. The average Bonchev–Trinajstić information content (AvgIpc) is 3.29. The lowest BCUT2D eigenvalue weighted by molar-refractivity contribution is -0.137. The summed E-state index contributed by atoms with van der Waals surface area (Å²) >= 11 is 0. The minimum atomic E-state index is -4.39. The summed E-state index contributed by atoms with van der Waals surface area (Å²) in [4.78, 5) is 11.9. The number of aromatic nitrogens is 1. The predicted molar refractivity (Wildman–Crippen MR) is 83.5 cm³/mol. The van der Waals surface area contributed by atoms with Crippen molar-refractivity contribution in [2.45, 2.75) is 6.18 Å². The Balaban J connectivity index is 1.45. The Kier molecular flexibility index (Phi) is 4.97. The van der Waals surface area contributed by atoms with E-state index in [-0.39, 0.29) is 24.6 Å². The largest absolute Gasteiger partial charge is 0.492 e. The fourth-order valence-corrected chi connectivity index (χ4v) is 2.08. The summed E-state index contributed by atoms with van der Waals surface area (Å²) in [5.74, 6) is 0.569. The van der Waals surface area contributed by atoms with E-state index in [2.05, 4.69) is 10.5 Å². The van der Waals surface area contributed by atoms with E-state index in [1.165, 1.54) is 24.5 Å². The van der Waals surface area contributed by atoms with Crippen molar-refractivity contribution in [3.8, 4) is 17.3 Å². The Morgan fingerprint density at radius 3 is 2.58 bits per heavy atom. The molecule has 0 aliphatic rings. The van der Waals surface area contributed by atoms with E-state index in [0.29, 0.717) is 11.5 Å². The number of amides is 1. The first kappa shape index (κ1) is 17.6. The van der Waals surface area contributed by atoms with E-state index in [4.69, 9.17) is 13.7 Å². The Morgan fingerprint density at radius 2 is 1.92 bits per heavy atom. The third-order valence-corrected chi connectivity index (χ3v) is 3.34.